The molecular formula is C18H23N5O2S. The number of rotatable bonds is 4. The fourth-order valence-electron chi connectivity index (χ4n) is 3.30. The number of benzene rings is 1. The van der Waals surface area contributed by atoms with E-state index in [1.807, 2.05) is 11.6 Å². The van der Waals surface area contributed by atoms with Gasteiger partial charge in [0.05, 0.1) is 12.1 Å². The van der Waals surface area contributed by atoms with Crippen LogP contribution in [-0.2, 0) is 9.53 Å². The summed E-state index contributed by atoms with van der Waals surface area (Å²) in [5, 5.41) is 11.7. The van der Waals surface area contributed by atoms with Crippen LogP contribution in [0.1, 0.15) is 35.8 Å². The Morgan fingerprint density at radius 2 is 2.15 bits per heavy atom. The van der Waals surface area contributed by atoms with Gasteiger partial charge in [0.15, 0.2) is 0 Å². The predicted octanol–water partition coefficient (Wildman–Crippen LogP) is 1.95. The third kappa shape index (κ3) is 3.43. The maximum Gasteiger partial charge on any atom is 0.236 e. The van der Waals surface area contributed by atoms with Gasteiger partial charge in [-0.1, -0.05) is 41.6 Å². The van der Waals surface area contributed by atoms with E-state index in [0.717, 1.165) is 30.8 Å². The Kier molecular flexibility index (Phi) is 4.86. The van der Waals surface area contributed by atoms with E-state index in [0.29, 0.717) is 11.7 Å². The van der Waals surface area contributed by atoms with Crippen molar-refractivity contribution in [2.45, 2.75) is 49.2 Å². The van der Waals surface area contributed by atoms with Crippen molar-refractivity contribution >= 4 is 17.7 Å². The SMILES string of the molecule is Cc1ccc([C@@H]2Nn3c(C)nnc3S[C@@H]2C(=O)NC[C@@H]2CCCO2)cc1. The van der Waals surface area contributed by atoms with Crippen LogP contribution in [0, 0.1) is 13.8 Å². The number of ether oxygens (including phenoxy) is 1. The van der Waals surface area contributed by atoms with Gasteiger partial charge >= 0.3 is 0 Å². The lowest BCUT2D eigenvalue weighted by molar-refractivity contribution is -0.121. The van der Waals surface area contributed by atoms with Crippen LogP contribution in [0.3, 0.4) is 0 Å². The lowest BCUT2D eigenvalue weighted by atomic mass is 10.0. The molecule has 0 spiro atoms. The summed E-state index contributed by atoms with van der Waals surface area (Å²) in [5.74, 6) is 0.776. The molecule has 1 aromatic heterocycles. The zero-order chi connectivity index (χ0) is 18.1. The number of carbonyl (C=O) groups is 1. The normalized spacial score (nSPS) is 24.8. The number of carbonyl (C=O) groups excluding carboxylic acids is 1. The van der Waals surface area contributed by atoms with Gasteiger partial charge in [0.2, 0.25) is 11.1 Å². The summed E-state index contributed by atoms with van der Waals surface area (Å²) in [4.78, 5) is 12.9. The van der Waals surface area contributed by atoms with Crippen molar-refractivity contribution < 1.29 is 9.53 Å². The summed E-state index contributed by atoms with van der Waals surface area (Å²) in [6.07, 6.45) is 2.20. The highest BCUT2D eigenvalue weighted by molar-refractivity contribution is 8.00. The molecule has 0 unspecified atom stereocenters. The van der Waals surface area contributed by atoms with E-state index in [-0.39, 0.29) is 23.3 Å². The molecule has 4 rings (SSSR count). The highest BCUT2D eigenvalue weighted by Gasteiger charge is 2.37. The van der Waals surface area contributed by atoms with Crippen LogP contribution < -0.4 is 10.7 Å². The second-order valence-corrected chi connectivity index (χ2v) is 7.91. The molecule has 1 fully saturated rings. The van der Waals surface area contributed by atoms with Crippen molar-refractivity contribution in [2.24, 2.45) is 0 Å². The fraction of sp³-hybridized carbons (Fsp3) is 0.500. The molecule has 1 amide bonds. The first-order chi connectivity index (χ1) is 12.6. The van der Waals surface area contributed by atoms with Crippen molar-refractivity contribution in [3.63, 3.8) is 0 Å². The molecule has 3 heterocycles. The molecule has 2 N–H and O–H groups in total. The first kappa shape index (κ1) is 17.4. The first-order valence-electron chi connectivity index (χ1n) is 8.93. The summed E-state index contributed by atoms with van der Waals surface area (Å²) < 4.78 is 7.47. The summed E-state index contributed by atoms with van der Waals surface area (Å²) in [6.45, 7) is 5.30. The minimum Gasteiger partial charge on any atom is -0.376 e. The second kappa shape index (κ2) is 7.28. The molecule has 0 bridgehead atoms. The molecule has 3 atom stereocenters. The number of hydrogen-bond acceptors (Lipinski definition) is 6. The summed E-state index contributed by atoms with van der Waals surface area (Å²) in [5.41, 5.74) is 5.68. The van der Waals surface area contributed by atoms with Crippen LogP contribution in [-0.4, -0.2) is 45.3 Å². The van der Waals surface area contributed by atoms with E-state index in [1.165, 1.54) is 17.3 Å². The quantitative estimate of drug-likeness (QED) is 0.853. The molecule has 8 heteroatoms. The van der Waals surface area contributed by atoms with Crippen LogP contribution in [0.25, 0.3) is 0 Å². The average molecular weight is 373 g/mol. The molecule has 2 aliphatic heterocycles. The number of amides is 1. The van der Waals surface area contributed by atoms with E-state index in [1.54, 1.807) is 0 Å². The molecule has 0 aliphatic carbocycles. The second-order valence-electron chi connectivity index (χ2n) is 6.80. The zero-order valence-corrected chi connectivity index (χ0v) is 15.8. The summed E-state index contributed by atoms with van der Waals surface area (Å²) >= 11 is 1.45. The van der Waals surface area contributed by atoms with Crippen molar-refractivity contribution in [3.8, 4) is 0 Å². The molecule has 7 nitrogen and oxygen atoms in total. The molecule has 0 radical (unpaired) electrons. The Labute approximate surface area is 156 Å². The van der Waals surface area contributed by atoms with Gasteiger partial charge < -0.3 is 15.5 Å². The average Bonchev–Trinajstić information content (AvgIpc) is 3.29. The van der Waals surface area contributed by atoms with Gasteiger partial charge in [-0.2, -0.15) is 0 Å². The Morgan fingerprint density at radius 3 is 2.88 bits per heavy atom. The van der Waals surface area contributed by atoms with Crippen molar-refractivity contribution in [3.05, 3.63) is 41.2 Å². The fourth-order valence-corrected chi connectivity index (χ4v) is 4.45. The number of thioether (sulfide) groups is 1. The summed E-state index contributed by atoms with van der Waals surface area (Å²) in [7, 11) is 0. The molecule has 26 heavy (non-hydrogen) atoms. The van der Waals surface area contributed by atoms with Gasteiger partial charge in [0.1, 0.15) is 11.1 Å². The van der Waals surface area contributed by atoms with Gasteiger partial charge in [0.25, 0.3) is 0 Å². The number of aryl methyl sites for hydroxylation is 2. The Balaban J connectivity index is 1.56. The third-order valence-electron chi connectivity index (χ3n) is 4.82. The number of nitrogens with one attached hydrogen (secondary N) is 2. The van der Waals surface area contributed by atoms with Gasteiger partial charge in [0, 0.05) is 13.2 Å². The molecule has 138 valence electrons. The lowest BCUT2D eigenvalue weighted by Gasteiger charge is -2.33. The number of hydrogen-bond donors (Lipinski definition) is 2. The maximum absolute atomic E-state index is 12.9. The summed E-state index contributed by atoms with van der Waals surface area (Å²) in [6, 6.07) is 8.11. The van der Waals surface area contributed by atoms with Gasteiger partial charge in [-0.15, -0.1) is 10.2 Å². The maximum atomic E-state index is 12.9. The highest BCUT2D eigenvalue weighted by Crippen LogP contribution is 2.37. The van der Waals surface area contributed by atoms with Crippen LogP contribution in [0.2, 0.25) is 0 Å². The molecule has 1 saturated heterocycles. The number of nitrogens with zero attached hydrogens (tertiary/aromatic N) is 3. The smallest absolute Gasteiger partial charge is 0.236 e. The molecule has 1 aromatic carbocycles. The van der Waals surface area contributed by atoms with E-state index < -0.39 is 0 Å². The Hall–Kier alpha value is -2.06. The largest absolute Gasteiger partial charge is 0.376 e. The van der Waals surface area contributed by atoms with E-state index in [4.69, 9.17) is 4.74 Å². The first-order valence-corrected chi connectivity index (χ1v) is 9.81. The minimum absolute atomic E-state index is 0.00419. The number of aromatic nitrogens is 3. The predicted molar refractivity (Wildman–Crippen MR) is 99.7 cm³/mol. The standard InChI is InChI=1S/C18H23N5O2S/c1-11-5-7-13(8-6-11)15-16(17(24)19-10-14-4-3-9-25-14)26-18-21-20-12(2)23(18)22-15/h5-8,14-16,22H,3-4,9-10H2,1-2H3,(H,19,24)/t14-,15-,16-/m0/s1. The van der Waals surface area contributed by atoms with Crippen LogP contribution in [0.5, 0.6) is 0 Å². The van der Waals surface area contributed by atoms with E-state index >= 15 is 0 Å². The van der Waals surface area contributed by atoms with E-state index in [9.17, 15) is 4.79 Å². The molecule has 2 aromatic rings. The van der Waals surface area contributed by atoms with Gasteiger partial charge in [-0.05, 0) is 32.3 Å². The van der Waals surface area contributed by atoms with Crippen molar-refractivity contribution in [2.75, 3.05) is 18.6 Å². The van der Waals surface area contributed by atoms with Gasteiger partial charge in [-0.25, -0.2) is 4.68 Å². The van der Waals surface area contributed by atoms with E-state index in [2.05, 4.69) is 52.1 Å². The monoisotopic (exact) mass is 373 g/mol. The van der Waals surface area contributed by atoms with Crippen LogP contribution >= 0.6 is 11.8 Å². The van der Waals surface area contributed by atoms with Crippen molar-refractivity contribution in [1.82, 2.24) is 20.2 Å². The zero-order valence-electron chi connectivity index (χ0n) is 14.9. The number of fused-ring (bicyclic) bond motifs is 1. The van der Waals surface area contributed by atoms with Crippen LogP contribution in [0.15, 0.2) is 29.4 Å². The van der Waals surface area contributed by atoms with Crippen molar-refractivity contribution in [1.29, 1.82) is 0 Å². The highest BCUT2D eigenvalue weighted by atomic mass is 32.2. The third-order valence-corrected chi connectivity index (χ3v) is 6.04. The van der Waals surface area contributed by atoms with Crippen LogP contribution in [0.4, 0.5) is 0 Å². The van der Waals surface area contributed by atoms with Gasteiger partial charge in [-0.3, -0.25) is 4.79 Å². The molecule has 0 saturated carbocycles. The Morgan fingerprint density at radius 1 is 1.35 bits per heavy atom. The Bertz CT molecular complexity index is 785. The topological polar surface area (TPSA) is 81.1 Å². The molecular weight excluding hydrogens is 350 g/mol. The molecule has 2 aliphatic rings. The minimum atomic E-state index is -0.324. The lowest BCUT2D eigenvalue weighted by Crippen LogP contribution is -2.45.